The molecule has 5 rings (SSSR count). The van der Waals surface area contributed by atoms with Crippen molar-refractivity contribution in [3.05, 3.63) is 77.9 Å². The van der Waals surface area contributed by atoms with Crippen molar-refractivity contribution < 1.29 is 14.1 Å². The van der Waals surface area contributed by atoms with Gasteiger partial charge in [-0.15, -0.1) is 0 Å². The van der Waals surface area contributed by atoms with Crippen LogP contribution in [0.15, 0.2) is 65.3 Å². The van der Waals surface area contributed by atoms with E-state index in [4.69, 9.17) is 9.26 Å². The normalized spacial score (nSPS) is 13.8. The van der Waals surface area contributed by atoms with Crippen LogP contribution in [0.4, 0.5) is 0 Å². The largest absolute Gasteiger partial charge is 0.496 e. The van der Waals surface area contributed by atoms with Crippen molar-refractivity contribution in [2.45, 2.75) is 12.8 Å². The molecule has 156 valence electrons. The third kappa shape index (κ3) is 3.35. The summed E-state index contributed by atoms with van der Waals surface area (Å²) in [6.07, 6.45) is 1.63. The van der Waals surface area contributed by atoms with Gasteiger partial charge in [0.2, 0.25) is 11.7 Å². The molecule has 1 fully saturated rings. The number of carbonyl (C=O) groups excluding carboxylic acids is 1. The lowest BCUT2D eigenvalue weighted by Gasteiger charge is -2.36. The van der Waals surface area contributed by atoms with Crippen LogP contribution in [-0.4, -0.2) is 50.9 Å². The second kappa shape index (κ2) is 7.71. The van der Waals surface area contributed by atoms with Crippen molar-refractivity contribution in [2.24, 2.45) is 0 Å². The number of amides is 1. The number of para-hydroxylation sites is 2. The minimum atomic E-state index is -0.0413. The van der Waals surface area contributed by atoms with E-state index in [-0.39, 0.29) is 11.8 Å². The minimum absolute atomic E-state index is 0.0179. The Hall–Kier alpha value is -3.94. The first-order valence-electron chi connectivity index (χ1n) is 10.0. The molecule has 0 bridgehead atoms. The second-order valence-corrected chi connectivity index (χ2v) is 7.45. The van der Waals surface area contributed by atoms with Gasteiger partial charge in [-0.3, -0.25) is 4.79 Å². The number of aromatic nitrogens is 4. The summed E-state index contributed by atoms with van der Waals surface area (Å²) in [5.74, 6) is 1.68. The van der Waals surface area contributed by atoms with Crippen molar-refractivity contribution in [3.63, 3.8) is 0 Å². The molecule has 0 aliphatic carbocycles. The summed E-state index contributed by atoms with van der Waals surface area (Å²) in [6, 6.07) is 17.3. The lowest BCUT2D eigenvalue weighted by atomic mass is 9.99. The number of likely N-dealkylation sites (tertiary alicyclic amines) is 1. The van der Waals surface area contributed by atoms with E-state index in [1.54, 1.807) is 22.9 Å². The van der Waals surface area contributed by atoms with E-state index in [0.717, 1.165) is 16.9 Å². The molecule has 1 aliphatic heterocycles. The molecule has 2 aromatic carbocycles. The zero-order valence-corrected chi connectivity index (χ0v) is 17.2. The Morgan fingerprint density at radius 1 is 1.10 bits per heavy atom. The predicted molar refractivity (Wildman–Crippen MR) is 113 cm³/mol. The Morgan fingerprint density at radius 2 is 1.84 bits per heavy atom. The first-order valence-corrected chi connectivity index (χ1v) is 10.0. The molecule has 1 saturated heterocycles. The maximum absolute atomic E-state index is 13.0. The van der Waals surface area contributed by atoms with E-state index >= 15 is 0 Å². The average molecular weight is 415 g/mol. The monoisotopic (exact) mass is 415 g/mol. The molecule has 0 saturated carbocycles. The van der Waals surface area contributed by atoms with Gasteiger partial charge in [0.15, 0.2) is 0 Å². The van der Waals surface area contributed by atoms with Gasteiger partial charge in [0.25, 0.3) is 5.91 Å². The number of nitrogens with zero attached hydrogens (tertiary/aromatic N) is 5. The summed E-state index contributed by atoms with van der Waals surface area (Å²) < 4.78 is 12.6. The lowest BCUT2D eigenvalue weighted by Crippen LogP contribution is -2.48. The quantitative estimate of drug-likeness (QED) is 0.496. The fourth-order valence-electron chi connectivity index (χ4n) is 3.76. The predicted octanol–water partition coefficient (Wildman–Crippen LogP) is 3.48. The molecule has 0 atom stereocenters. The van der Waals surface area contributed by atoms with Gasteiger partial charge in [0, 0.05) is 13.1 Å². The molecular formula is C23H21N5O3. The summed E-state index contributed by atoms with van der Waals surface area (Å²) in [4.78, 5) is 19.3. The average Bonchev–Trinajstić information content (AvgIpc) is 3.40. The lowest BCUT2D eigenvalue weighted by molar-refractivity contribution is 0.0568. The summed E-state index contributed by atoms with van der Waals surface area (Å²) in [5.41, 5.74) is 3.12. The van der Waals surface area contributed by atoms with Gasteiger partial charge in [-0.05, 0) is 31.2 Å². The first kappa shape index (κ1) is 19.0. The van der Waals surface area contributed by atoms with E-state index in [0.29, 0.717) is 36.1 Å². The summed E-state index contributed by atoms with van der Waals surface area (Å²) in [5, 5.41) is 8.49. The van der Waals surface area contributed by atoms with Crippen LogP contribution in [0, 0.1) is 6.92 Å². The van der Waals surface area contributed by atoms with Crippen molar-refractivity contribution in [3.8, 4) is 22.8 Å². The van der Waals surface area contributed by atoms with E-state index in [9.17, 15) is 4.79 Å². The third-order valence-corrected chi connectivity index (χ3v) is 5.55. The van der Waals surface area contributed by atoms with Crippen molar-refractivity contribution in [1.82, 2.24) is 24.8 Å². The summed E-state index contributed by atoms with van der Waals surface area (Å²) in [7, 11) is 1.61. The SMILES string of the molecule is COc1ccccc1-c1noc(C2CN(C(=O)c3cnn(-c4ccccc4)c3C)C2)n1. The van der Waals surface area contributed by atoms with Crippen molar-refractivity contribution in [1.29, 1.82) is 0 Å². The Bertz CT molecular complexity index is 1230. The highest BCUT2D eigenvalue weighted by Crippen LogP contribution is 2.32. The summed E-state index contributed by atoms with van der Waals surface area (Å²) in [6.45, 7) is 2.97. The van der Waals surface area contributed by atoms with E-state index < -0.39 is 0 Å². The molecule has 31 heavy (non-hydrogen) atoms. The molecule has 8 heteroatoms. The van der Waals surface area contributed by atoms with Crippen LogP contribution in [0.2, 0.25) is 0 Å². The number of hydrogen-bond acceptors (Lipinski definition) is 6. The van der Waals surface area contributed by atoms with Crippen molar-refractivity contribution >= 4 is 5.91 Å². The molecule has 1 aliphatic rings. The Labute approximate surface area is 179 Å². The van der Waals surface area contributed by atoms with Gasteiger partial charge >= 0.3 is 0 Å². The number of carbonyl (C=O) groups is 1. The topological polar surface area (TPSA) is 86.3 Å². The third-order valence-electron chi connectivity index (χ3n) is 5.55. The zero-order chi connectivity index (χ0) is 21.4. The second-order valence-electron chi connectivity index (χ2n) is 7.45. The maximum Gasteiger partial charge on any atom is 0.257 e. The van der Waals surface area contributed by atoms with Crippen LogP contribution in [-0.2, 0) is 0 Å². The Balaban J connectivity index is 1.28. The molecule has 0 spiro atoms. The van der Waals surface area contributed by atoms with Crippen LogP contribution in [0.25, 0.3) is 17.1 Å². The zero-order valence-electron chi connectivity index (χ0n) is 17.2. The molecule has 3 heterocycles. The minimum Gasteiger partial charge on any atom is -0.496 e. The number of ether oxygens (including phenoxy) is 1. The standard InChI is InChI=1S/C23H21N5O3/c1-15-19(12-24-28(15)17-8-4-3-5-9-17)23(29)27-13-16(14-27)22-25-21(26-31-22)18-10-6-7-11-20(18)30-2/h3-12,16H,13-14H2,1-2H3. The van der Waals surface area contributed by atoms with E-state index in [1.165, 1.54) is 0 Å². The fraction of sp³-hybridized carbons (Fsp3) is 0.217. The molecule has 8 nitrogen and oxygen atoms in total. The van der Waals surface area contributed by atoms with Gasteiger partial charge < -0.3 is 14.2 Å². The number of rotatable bonds is 5. The number of hydrogen-bond donors (Lipinski definition) is 0. The van der Waals surface area contributed by atoms with Crippen molar-refractivity contribution in [2.75, 3.05) is 20.2 Å². The number of benzene rings is 2. The fourth-order valence-corrected chi connectivity index (χ4v) is 3.76. The highest BCUT2D eigenvalue weighted by Gasteiger charge is 2.37. The maximum atomic E-state index is 13.0. The van der Waals surface area contributed by atoms with E-state index in [1.807, 2.05) is 61.5 Å². The molecule has 0 N–H and O–H groups in total. The molecule has 0 radical (unpaired) electrons. The van der Waals surface area contributed by atoms with Gasteiger partial charge in [0.1, 0.15) is 5.75 Å². The highest BCUT2D eigenvalue weighted by molar-refractivity contribution is 5.95. The van der Waals surface area contributed by atoms with Crippen LogP contribution >= 0.6 is 0 Å². The Kier molecular flexibility index (Phi) is 4.74. The molecule has 4 aromatic rings. The molecular weight excluding hydrogens is 394 g/mol. The van der Waals surface area contributed by atoms with Crippen LogP contribution < -0.4 is 4.74 Å². The van der Waals surface area contributed by atoms with Crippen LogP contribution in [0.1, 0.15) is 27.9 Å². The highest BCUT2D eigenvalue weighted by atomic mass is 16.5. The number of methoxy groups -OCH3 is 1. The van der Waals surface area contributed by atoms with Gasteiger partial charge in [0.05, 0.1) is 41.7 Å². The molecule has 1 amide bonds. The smallest absolute Gasteiger partial charge is 0.257 e. The Morgan fingerprint density at radius 3 is 2.61 bits per heavy atom. The molecule has 2 aromatic heterocycles. The summed E-state index contributed by atoms with van der Waals surface area (Å²) >= 11 is 0. The first-order chi connectivity index (χ1) is 15.2. The van der Waals surface area contributed by atoms with Gasteiger partial charge in [-0.2, -0.15) is 10.1 Å². The molecule has 0 unspecified atom stereocenters. The van der Waals surface area contributed by atoms with Gasteiger partial charge in [-0.1, -0.05) is 35.5 Å². The van der Waals surface area contributed by atoms with Gasteiger partial charge in [-0.25, -0.2) is 4.68 Å². The van der Waals surface area contributed by atoms with E-state index in [2.05, 4.69) is 15.2 Å². The van der Waals surface area contributed by atoms with Crippen LogP contribution in [0.5, 0.6) is 5.75 Å². The van der Waals surface area contributed by atoms with Crippen LogP contribution in [0.3, 0.4) is 0 Å².